The maximum atomic E-state index is 12.1. The molecule has 0 spiro atoms. The fourth-order valence-electron chi connectivity index (χ4n) is 2.49. The van der Waals surface area contributed by atoms with Gasteiger partial charge in [-0.15, -0.1) is 6.58 Å². The van der Waals surface area contributed by atoms with Crippen LogP contribution in [0.4, 0.5) is 0 Å². The Morgan fingerprint density at radius 1 is 1.36 bits per heavy atom. The molecule has 2 rings (SSSR count). The van der Waals surface area contributed by atoms with Crippen molar-refractivity contribution in [3.63, 3.8) is 0 Å². The number of nitrogens with zero attached hydrogens (tertiary/aromatic N) is 1. The van der Waals surface area contributed by atoms with Crippen molar-refractivity contribution in [1.29, 1.82) is 5.53 Å². The third-order valence-electron chi connectivity index (χ3n) is 3.78. The number of carbonyl (C=O) groups is 1. The van der Waals surface area contributed by atoms with Crippen molar-refractivity contribution >= 4 is 5.97 Å². The molecule has 1 saturated heterocycles. The molecule has 25 heavy (non-hydrogen) atoms. The standard InChI is InChI=1S/C18H24N2O5/c1-3-4-10-23-17-13(2)24-18(21)15(20-19)11-22-12-16(17)25-14-8-6-5-7-9-14/h3,5-9,13,15-17,19H,1,4,10-12H2,2H3/t13-,15-,16-,17-/m0/s1. The second-order valence-electron chi connectivity index (χ2n) is 5.71. The lowest BCUT2D eigenvalue weighted by Crippen LogP contribution is -2.45. The van der Waals surface area contributed by atoms with Gasteiger partial charge >= 0.3 is 5.97 Å². The Hall–Kier alpha value is -2.25. The number of benzene rings is 1. The van der Waals surface area contributed by atoms with E-state index in [1.807, 2.05) is 30.3 Å². The van der Waals surface area contributed by atoms with Crippen LogP contribution in [0.5, 0.6) is 5.75 Å². The van der Waals surface area contributed by atoms with Gasteiger partial charge in [-0.25, -0.2) is 10.3 Å². The van der Waals surface area contributed by atoms with Crippen molar-refractivity contribution in [1.82, 2.24) is 0 Å². The predicted molar refractivity (Wildman–Crippen MR) is 90.7 cm³/mol. The van der Waals surface area contributed by atoms with E-state index in [-0.39, 0.29) is 13.2 Å². The number of ether oxygens (including phenoxy) is 4. The van der Waals surface area contributed by atoms with Gasteiger partial charge < -0.3 is 18.9 Å². The first-order valence-corrected chi connectivity index (χ1v) is 8.24. The van der Waals surface area contributed by atoms with Crippen LogP contribution >= 0.6 is 0 Å². The van der Waals surface area contributed by atoms with Crippen LogP contribution in [-0.2, 0) is 19.0 Å². The Kier molecular flexibility index (Phi) is 7.56. The Morgan fingerprint density at radius 2 is 2.12 bits per heavy atom. The van der Waals surface area contributed by atoms with Crippen LogP contribution in [0.1, 0.15) is 13.3 Å². The molecular formula is C18H24N2O5. The van der Waals surface area contributed by atoms with E-state index in [0.717, 1.165) is 0 Å². The first-order chi connectivity index (χ1) is 12.2. The molecule has 1 aromatic carbocycles. The maximum Gasteiger partial charge on any atom is 0.335 e. The Balaban J connectivity index is 2.18. The molecule has 7 heteroatoms. The lowest BCUT2D eigenvalue weighted by molar-refractivity contribution is -0.161. The highest BCUT2D eigenvalue weighted by Crippen LogP contribution is 2.20. The molecule has 1 heterocycles. The van der Waals surface area contributed by atoms with Gasteiger partial charge in [-0.2, -0.15) is 5.11 Å². The lowest BCUT2D eigenvalue weighted by Gasteiger charge is -2.30. The second-order valence-corrected chi connectivity index (χ2v) is 5.71. The molecule has 1 fully saturated rings. The first-order valence-electron chi connectivity index (χ1n) is 8.24. The van der Waals surface area contributed by atoms with Crippen LogP contribution in [-0.4, -0.2) is 50.1 Å². The highest BCUT2D eigenvalue weighted by atomic mass is 16.6. The number of hydrogen-bond acceptors (Lipinski definition) is 7. The predicted octanol–water partition coefficient (Wildman–Crippen LogP) is 2.76. The highest BCUT2D eigenvalue weighted by Gasteiger charge is 2.36. The van der Waals surface area contributed by atoms with Crippen molar-refractivity contribution in [2.24, 2.45) is 5.11 Å². The van der Waals surface area contributed by atoms with Crippen LogP contribution < -0.4 is 4.74 Å². The zero-order valence-electron chi connectivity index (χ0n) is 14.3. The fraction of sp³-hybridized carbons (Fsp3) is 0.500. The molecule has 0 saturated carbocycles. The summed E-state index contributed by atoms with van der Waals surface area (Å²) in [4.78, 5) is 12.1. The summed E-state index contributed by atoms with van der Waals surface area (Å²) in [7, 11) is 0. The Morgan fingerprint density at radius 3 is 2.80 bits per heavy atom. The van der Waals surface area contributed by atoms with Gasteiger partial charge in [-0.05, 0) is 25.5 Å². The molecule has 0 unspecified atom stereocenters. The molecule has 0 bridgehead atoms. The van der Waals surface area contributed by atoms with Crippen molar-refractivity contribution in [3.8, 4) is 5.75 Å². The molecule has 0 aliphatic carbocycles. The molecule has 4 atom stereocenters. The van der Waals surface area contributed by atoms with Gasteiger partial charge in [0, 0.05) is 0 Å². The quantitative estimate of drug-likeness (QED) is 0.354. The molecule has 136 valence electrons. The van der Waals surface area contributed by atoms with Crippen molar-refractivity contribution in [3.05, 3.63) is 43.0 Å². The van der Waals surface area contributed by atoms with Gasteiger partial charge in [-0.3, -0.25) is 0 Å². The number of esters is 1. The molecule has 0 radical (unpaired) electrons. The van der Waals surface area contributed by atoms with Crippen molar-refractivity contribution in [2.45, 2.75) is 37.7 Å². The van der Waals surface area contributed by atoms with E-state index < -0.39 is 30.3 Å². The highest BCUT2D eigenvalue weighted by molar-refractivity contribution is 5.76. The van der Waals surface area contributed by atoms with Crippen LogP contribution in [0.2, 0.25) is 0 Å². The minimum atomic E-state index is -0.966. The van der Waals surface area contributed by atoms with E-state index in [1.165, 1.54) is 0 Å². The molecule has 0 aromatic heterocycles. The van der Waals surface area contributed by atoms with Crippen LogP contribution in [0.3, 0.4) is 0 Å². The molecule has 1 aliphatic heterocycles. The smallest absolute Gasteiger partial charge is 0.335 e. The summed E-state index contributed by atoms with van der Waals surface area (Å²) in [6.45, 7) is 6.01. The lowest BCUT2D eigenvalue weighted by atomic mass is 10.1. The Bertz CT molecular complexity index is 566. The minimum absolute atomic E-state index is 0.0247. The summed E-state index contributed by atoms with van der Waals surface area (Å²) in [5.41, 5.74) is 7.12. The van der Waals surface area contributed by atoms with Gasteiger partial charge in [0.1, 0.15) is 18.0 Å². The van der Waals surface area contributed by atoms with Gasteiger partial charge in [0.15, 0.2) is 12.1 Å². The fourth-order valence-corrected chi connectivity index (χ4v) is 2.49. The Labute approximate surface area is 147 Å². The van der Waals surface area contributed by atoms with Crippen LogP contribution in [0.25, 0.3) is 0 Å². The summed E-state index contributed by atoms with van der Waals surface area (Å²) in [6, 6.07) is 8.36. The molecule has 7 nitrogen and oxygen atoms in total. The zero-order valence-corrected chi connectivity index (χ0v) is 14.3. The molecule has 1 aliphatic rings. The molecule has 1 aromatic rings. The van der Waals surface area contributed by atoms with E-state index in [2.05, 4.69) is 11.7 Å². The summed E-state index contributed by atoms with van der Waals surface area (Å²) in [6.07, 6.45) is 0.857. The number of hydrogen-bond donors (Lipinski definition) is 1. The molecule has 0 amide bonds. The number of cyclic esters (lactones) is 1. The largest absolute Gasteiger partial charge is 0.485 e. The monoisotopic (exact) mass is 348 g/mol. The van der Waals surface area contributed by atoms with E-state index in [9.17, 15) is 4.79 Å². The van der Waals surface area contributed by atoms with E-state index in [1.54, 1.807) is 13.0 Å². The third kappa shape index (κ3) is 5.65. The SMILES string of the molecule is C=CCCO[C@H]1[C@H](C)OC(=O)[C@@H](N=N)COC[C@@H]1Oc1ccccc1. The van der Waals surface area contributed by atoms with Crippen LogP contribution in [0.15, 0.2) is 48.1 Å². The minimum Gasteiger partial charge on any atom is -0.485 e. The topological polar surface area (TPSA) is 90.2 Å². The summed E-state index contributed by atoms with van der Waals surface area (Å²) < 4.78 is 22.9. The summed E-state index contributed by atoms with van der Waals surface area (Å²) in [5.74, 6) is 0.0769. The van der Waals surface area contributed by atoms with Crippen molar-refractivity contribution < 1.29 is 23.7 Å². The second kappa shape index (κ2) is 9.90. The van der Waals surface area contributed by atoms with Gasteiger partial charge in [0.25, 0.3) is 0 Å². The number of nitrogens with one attached hydrogen (secondary N) is 1. The summed E-state index contributed by atoms with van der Waals surface area (Å²) in [5, 5.41) is 3.27. The zero-order chi connectivity index (χ0) is 18.1. The van der Waals surface area contributed by atoms with Gasteiger partial charge in [0.2, 0.25) is 0 Å². The number of rotatable bonds is 7. The van der Waals surface area contributed by atoms with Gasteiger partial charge in [0.05, 0.1) is 19.8 Å². The van der Waals surface area contributed by atoms with E-state index in [0.29, 0.717) is 18.8 Å². The number of carbonyl (C=O) groups excluding carboxylic acids is 1. The number of para-hydroxylation sites is 1. The van der Waals surface area contributed by atoms with Crippen LogP contribution in [0, 0.1) is 5.53 Å². The summed E-state index contributed by atoms with van der Waals surface area (Å²) >= 11 is 0. The van der Waals surface area contributed by atoms with Crippen molar-refractivity contribution in [2.75, 3.05) is 19.8 Å². The normalized spacial score (nSPS) is 27.3. The average Bonchev–Trinajstić information content (AvgIpc) is 2.66. The van der Waals surface area contributed by atoms with E-state index in [4.69, 9.17) is 24.5 Å². The maximum absolute atomic E-state index is 12.1. The molecule has 1 N–H and O–H groups in total. The van der Waals surface area contributed by atoms with Gasteiger partial charge in [-0.1, -0.05) is 24.3 Å². The molecular weight excluding hydrogens is 324 g/mol. The first kappa shape index (κ1) is 19.1. The third-order valence-corrected chi connectivity index (χ3v) is 3.78. The average molecular weight is 348 g/mol. The van der Waals surface area contributed by atoms with E-state index >= 15 is 0 Å².